The van der Waals surface area contributed by atoms with Crippen LogP contribution < -0.4 is 10.0 Å². The van der Waals surface area contributed by atoms with Crippen molar-refractivity contribution >= 4 is 59.9 Å². The number of anilines is 2. The fourth-order valence-electron chi connectivity index (χ4n) is 4.51. The molecule has 1 amide bonds. The number of hydrogen-bond donors (Lipinski definition) is 3. The summed E-state index contributed by atoms with van der Waals surface area (Å²) in [7, 11) is -2.17. The zero-order chi connectivity index (χ0) is 26.2. The Morgan fingerprint density at radius 2 is 1.76 bits per heavy atom. The molecule has 1 aromatic heterocycles. The highest BCUT2D eigenvalue weighted by Crippen LogP contribution is 2.37. The number of aliphatic hydroxyl groups is 1. The standard InChI is InChI=1S/C26H25ClN4O4S2/c1-28-25-29-23-21(36-25)7-4-8-22(23)37(34,35)30-18-11-9-17(10-12-18)24(32)31-15-13-26(33,14-16-31)19-5-2-3-6-20(19)27/h2-12,30,33H,13-16H2,1H3,(H,28,29). The molecule has 0 aliphatic carbocycles. The summed E-state index contributed by atoms with van der Waals surface area (Å²) in [6.45, 7) is 0.752. The molecule has 0 atom stereocenters. The molecule has 2 heterocycles. The number of benzene rings is 3. The van der Waals surface area contributed by atoms with Crippen LogP contribution in [-0.2, 0) is 15.6 Å². The van der Waals surface area contributed by atoms with Crippen LogP contribution >= 0.6 is 22.9 Å². The van der Waals surface area contributed by atoms with Gasteiger partial charge in [-0.1, -0.05) is 47.2 Å². The van der Waals surface area contributed by atoms with Gasteiger partial charge in [-0.3, -0.25) is 9.52 Å². The Morgan fingerprint density at radius 1 is 1.05 bits per heavy atom. The number of sulfonamides is 1. The maximum atomic E-state index is 13.1. The number of para-hydroxylation sites is 1. The van der Waals surface area contributed by atoms with Gasteiger partial charge in [0.2, 0.25) is 0 Å². The molecule has 3 N–H and O–H groups in total. The summed E-state index contributed by atoms with van der Waals surface area (Å²) < 4.78 is 29.6. The molecule has 0 unspecified atom stereocenters. The van der Waals surface area contributed by atoms with Gasteiger partial charge >= 0.3 is 0 Å². The third-order valence-electron chi connectivity index (χ3n) is 6.52. The van der Waals surface area contributed by atoms with Crippen LogP contribution in [0.2, 0.25) is 5.02 Å². The van der Waals surface area contributed by atoms with Crippen molar-refractivity contribution in [1.29, 1.82) is 0 Å². The van der Waals surface area contributed by atoms with E-state index >= 15 is 0 Å². The van der Waals surface area contributed by atoms with E-state index < -0.39 is 15.6 Å². The SMILES string of the molecule is CNc1nc2c(S(=O)(=O)Nc3ccc(C(=O)N4CCC(O)(c5ccccc5Cl)CC4)cc3)cccc2s1. The van der Waals surface area contributed by atoms with Crippen LogP contribution in [-0.4, -0.2) is 49.5 Å². The molecule has 0 spiro atoms. The molecule has 1 aliphatic heterocycles. The van der Waals surface area contributed by atoms with Gasteiger partial charge in [-0.25, -0.2) is 13.4 Å². The number of piperidine rings is 1. The van der Waals surface area contributed by atoms with Gasteiger partial charge in [0.05, 0.1) is 10.3 Å². The molecule has 192 valence electrons. The first-order valence-electron chi connectivity index (χ1n) is 11.7. The predicted octanol–water partition coefficient (Wildman–Crippen LogP) is 4.92. The minimum absolute atomic E-state index is 0.0854. The van der Waals surface area contributed by atoms with Gasteiger partial charge in [0.15, 0.2) is 5.13 Å². The van der Waals surface area contributed by atoms with Crippen molar-refractivity contribution in [2.75, 3.05) is 30.2 Å². The number of carbonyl (C=O) groups excluding carboxylic acids is 1. The third kappa shape index (κ3) is 5.02. The zero-order valence-corrected chi connectivity index (χ0v) is 22.3. The van der Waals surface area contributed by atoms with Crippen LogP contribution in [0.1, 0.15) is 28.8 Å². The Labute approximate surface area is 224 Å². The summed E-state index contributed by atoms with van der Waals surface area (Å²) >= 11 is 7.66. The van der Waals surface area contributed by atoms with Crippen molar-refractivity contribution in [2.45, 2.75) is 23.3 Å². The van der Waals surface area contributed by atoms with E-state index in [4.69, 9.17) is 11.6 Å². The maximum Gasteiger partial charge on any atom is 0.264 e. The van der Waals surface area contributed by atoms with Gasteiger partial charge in [-0.05, 0) is 55.3 Å². The molecule has 11 heteroatoms. The summed E-state index contributed by atoms with van der Waals surface area (Å²) in [5, 5.41) is 15.2. The molecule has 4 aromatic rings. The molecule has 1 fully saturated rings. The molecule has 1 aliphatic rings. The van der Waals surface area contributed by atoms with Gasteiger partial charge in [-0.15, -0.1) is 0 Å². The second-order valence-corrected chi connectivity index (χ2v) is 11.9. The number of amides is 1. The molecule has 5 rings (SSSR count). The number of nitrogens with zero attached hydrogens (tertiary/aromatic N) is 2. The summed E-state index contributed by atoms with van der Waals surface area (Å²) in [5.41, 5.74) is 0.774. The highest BCUT2D eigenvalue weighted by molar-refractivity contribution is 7.93. The number of hydrogen-bond acceptors (Lipinski definition) is 7. The topological polar surface area (TPSA) is 112 Å². The van der Waals surface area contributed by atoms with Crippen molar-refractivity contribution in [3.05, 3.63) is 82.9 Å². The molecule has 0 bridgehead atoms. The van der Waals surface area contributed by atoms with Crippen molar-refractivity contribution in [2.24, 2.45) is 0 Å². The number of aromatic nitrogens is 1. The van der Waals surface area contributed by atoms with Gasteiger partial charge < -0.3 is 15.3 Å². The van der Waals surface area contributed by atoms with E-state index in [1.54, 1.807) is 48.3 Å². The molecule has 3 aromatic carbocycles. The lowest BCUT2D eigenvalue weighted by molar-refractivity contribution is -0.0210. The Kier molecular flexibility index (Phi) is 6.84. The van der Waals surface area contributed by atoms with Crippen LogP contribution in [0.3, 0.4) is 0 Å². The number of nitrogens with one attached hydrogen (secondary N) is 2. The van der Waals surface area contributed by atoms with Crippen LogP contribution in [0.25, 0.3) is 10.2 Å². The van der Waals surface area contributed by atoms with E-state index in [-0.39, 0.29) is 10.8 Å². The average Bonchev–Trinajstić information content (AvgIpc) is 3.33. The van der Waals surface area contributed by atoms with Crippen LogP contribution in [0, 0.1) is 0 Å². The molecule has 8 nitrogen and oxygen atoms in total. The molecule has 37 heavy (non-hydrogen) atoms. The number of likely N-dealkylation sites (tertiary alicyclic amines) is 1. The van der Waals surface area contributed by atoms with Crippen LogP contribution in [0.4, 0.5) is 10.8 Å². The summed E-state index contributed by atoms with van der Waals surface area (Å²) in [5.74, 6) is -0.178. The first-order chi connectivity index (χ1) is 17.7. The van der Waals surface area contributed by atoms with Gasteiger partial charge in [0.25, 0.3) is 15.9 Å². The number of rotatable bonds is 6. The number of thiazole rings is 1. The van der Waals surface area contributed by atoms with E-state index in [9.17, 15) is 18.3 Å². The molecule has 0 radical (unpaired) electrons. The normalized spacial score (nSPS) is 15.5. The van der Waals surface area contributed by atoms with E-state index in [2.05, 4.69) is 15.0 Å². The maximum absolute atomic E-state index is 13.1. The van der Waals surface area contributed by atoms with E-state index in [0.29, 0.717) is 58.4 Å². The molecular formula is C26H25ClN4O4S2. The zero-order valence-electron chi connectivity index (χ0n) is 19.9. The molecule has 0 saturated carbocycles. The largest absolute Gasteiger partial charge is 0.385 e. The van der Waals surface area contributed by atoms with E-state index in [1.807, 2.05) is 24.3 Å². The van der Waals surface area contributed by atoms with Crippen LogP contribution in [0.5, 0.6) is 0 Å². The fraction of sp³-hybridized carbons (Fsp3) is 0.231. The van der Waals surface area contributed by atoms with E-state index in [1.165, 1.54) is 17.4 Å². The fourth-order valence-corrected chi connectivity index (χ4v) is 6.95. The molecule has 1 saturated heterocycles. The first kappa shape index (κ1) is 25.5. The first-order valence-corrected chi connectivity index (χ1v) is 14.3. The minimum atomic E-state index is -3.90. The lowest BCUT2D eigenvalue weighted by Crippen LogP contribution is -2.45. The third-order valence-corrected chi connectivity index (χ3v) is 9.30. The smallest absolute Gasteiger partial charge is 0.264 e. The number of fused-ring (bicyclic) bond motifs is 1. The minimum Gasteiger partial charge on any atom is -0.385 e. The highest BCUT2D eigenvalue weighted by Gasteiger charge is 2.37. The van der Waals surface area contributed by atoms with Gasteiger partial charge in [0.1, 0.15) is 10.4 Å². The second kappa shape index (κ2) is 9.94. The highest BCUT2D eigenvalue weighted by atomic mass is 35.5. The van der Waals surface area contributed by atoms with Gasteiger partial charge in [0, 0.05) is 42.0 Å². The van der Waals surface area contributed by atoms with Crippen molar-refractivity contribution in [1.82, 2.24) is 9.88 Å². The Bertz CT molecular complexity index is 1560. The summed E-state index contributed by atoms with van der Waals surface area (Å²) in [4.78, 5) is 19.2. The molecular weight excluding hydrogens is 532 g/mol. The number of carbonyl (C=O) groups is 1. The predicted molar refractivity (Wildman–Crippen MR) is 147 cm³/mol. The average molecular weight is 557 g/mol. The Hall–Kier alpha value is -3.18. The summed E-state index contributed by atoms with van der Waals surface area (Å²) in [6.07, 6.45) is 0.746. The van der Waals surface area contributed by atoms with E-state index in [0.717, 1.165) is 4.70 Å². The summed E-state index contributed by atoms with van der Waals surface area (Å²) in [6, 6.07) is 18.6. The lowest BCUT2D eigenvalue weighted by Gasteiger charge is -2.39. The van der Waals surface area contributed by atoms with Gasteiger partial charge in [-0.2, -0.15) is 0 Å². The second-order valence-electron chi connectivity index (χ2n) is 8.86. The lowest BCUT2D eigenvalue weighted by atomic mass is 9.84. The van der Waals surface area contributed by atoms with Crippen molar-refractivity contribution in [3.8, 4) is 0 Å². The van der Waals surface area contributed by atoms with Crippen molar-refractivity contribution < 1.29 is 18.3 Å². The quantitative estimate of drug-likeness (QED) is 0.311. The van der Waals surface area contributed by atoms with Crippen LogP contribution in [0.15, 0.2) is 71.6 Å². The monoisotopic (exact) mass is 556 g/mol. The number of halogens is 1. The Morgan fingerprint density at radius 3 is 2.43 bits per heavy atom. The van der Waals surface area contributed by atoms with Crippen molar-refractivity contribution in [3.63, 3.8) is 0 Å². The Balaban J connectivity index is 1.27.